The third kappa shape index (κ3) is 7.38. The van der Waals surface area contributed by atoms with Crippen molar-refractivity contribution in [1.29, 1.82) is 0 Å². The number of ether oxygens (including phenoxy) is 3. The molecular formula is C14H30O5Si. The van der Waals surface area contributed by atoms with E-state index < -0.39 is 11.9 Å². The number of hydrogen-bond acceptors (Lipinski definition) is 5. The molecule has 0 aromatic rings. The summed E-state index contributed by atoms with van der Waals surface area (Å²) in [5.41, 5.74) is 0. The zero-order valence-corrected chi connectivity index (χ0v) is 15.4. The smallest absolute Gasteiger partial charge is 0.386 e. The lowest BCUT2D eigenvalue weighted by atomic mass is 10.3. The summed E-state index contributed by atoms with van der Waals surface area (Å²) in [6.45, 7) is 7.45. The highest BCUT2D eigenvalue weighted by molar-refractivity contribution is 6.06. The zero-order valence-electron chi connectivity index (χ0n) is 13.4. The quantitative estimate of drug-likeness (QED) is 0.295. The van der Waals surface area contributed by atoms with E-state index in [0.29, 0.717) is 30.3 Å². The van der Waals surface area contributed by atoms with Crippen molar-refractivity contribution in [2.75, 3.05) is 19.8 Å². The first-order chi connectivity index (χ1) is 9.66. The fraction of sp³-hybridized carbons (Fsp3) is 0.929. The number of hydrogen-bond donors (Lipinski definition) is 0. The van der Waals surface area contributed by atoms with E-state index in [2.05, 4.69) is 20.8 Å². The molecule has 120 valence electrons. The van der Waals surface area contributed by atoms with Gasteiger partial charge in [-0.05, 0) is 19.3 Å². The van der Waals surface area contributed by atoms with Crippen LogP contribution in [0.4, 0.5) is 0 Å². The van der Waals surface area contributed by atoms with Gasteiger partial charge < -0.3 is 18.6 Å². The Hall–Kier alpha value is -0.433. The van der Waals surface area contributed by atoms with Gasteiger partial charge in [-0.3, -0.25) is 0 Å². The van der Waals surface area contributed by atoms with Crippen LogP contribution in [0.15, 0.2) is 0 Å². The standard InChI is InChI=1S/C14H30O5Si/c1-4-7-10-16-14(13(15)19-20,17-11-8-5-2)18-12-9-6-3/h4-12H2,1-3,20H3. The van der Waals surface area contributed by atoms with Crippen molar-refractivity contribution >= 4 is 16.5 Å². The summed E-state index contributed by atoms with van der Waals surface area (Å²) in [6.07, 6.45) is 5.50. The van der Waals surface area contributed by atoms with Crippen molar-refractivity contribution in [3.05, 3.63) is 0 Å². The second-order valence-electron chi connectivity index (χ2n) is 4.65. The Balaban J connectivity index is 4.71. The average Bonchev–Trinajstić information content (AvgIpc) is 2.46. The van der Waals surface area contributed by atoms with Crippen molar-refractivity contribution in [1.82, 2.24) is 0 Å². The van der Waals surface area contributed by atoms with Crippen molar-refractivity contribution < 1.29 is 23.4 Å². The molecular weight excluding hydrogens is 276 g/mol. The monoisotopic (exact) mass is 306 g/mol. The predicted octanol–water partition coefficient (Wildman–Crippen LogP) is 1.91. The molecule has 5 nitrogen and oxygen atoms in total. The van der Waals surface area contributed by atoms with Crippen LogP contribution in [0.2, 0.25) is 0 Å². The van der Waals surface area contributed by atoms with E-state index in [1.165, 1.54) is 0 Å². The van der Waals surface area contributed by atoms with Gasteiger partial charge in [0.05, 0.1) is 19.8 Å². The number of carbonyl (C=O) groups is 1. The van der Waals surface area contributed by atoms with E-state index in [9.17, 15) is 4.79 Å². The third-order valence-corrected chi connectivity index (χ3v) is 3.18. The van der Waals surface area contributed by atoms with Crippen molar-refractivity contribution in [2.45, 2.75) is 65.3 Å². The number of unbranched alkanes of at least 4 members (excludes halogenated alkanes) is 3. The Kier molecular flexibility index (Phi) is 12.1. The highest BCUT2D eigenvalue weighted by atomic mass is 28.2. The molecule has 0 saturated heterocycles. The minimum Gasteiger partial charge on any atom is -0.523 e. The minimum absolute atomic E-state index is 0.293. The summed E-state index contributed by atoms with van der Waals surface area (Å²) < 4.78 is 21.8. The Morgan fingerprint density at radius 1 is 0.850 bits per heavy atom. The highest BCUT2D eigenvalue weighted by Crippen LogP contribution is 2.20. The van der Waals surface area contributed by atoms with E-state index in [-0.39, 0.29) is 0 Å². The molecule has 0 aliphatic rings. The third-order valence-electron chi connectivity index (χ3n) is 2.81. The van der Waals surface area contributed by atoms with Gasteiger partial charge in [-0.1, -0.05) is 40.0 Å². The number of rotatable bonds is 13. The fourth-order valence-electron chi connectivity index (χ4n) is 1.48. The van der Waals surface area contributed by atoms with Gasteiger partial charge >= 0.3 is 11.9 Å². The van der Waals surface area contributed by atoms with Crippen LogP contribution >= 0.6 is 0 Å². The lowest BCUT2D eigenvalue weighted by Gasteiger charge is -2.30. The largest absolute Gasteiger partial charge is 0.523 e. The normalized spacial score (nSPS) is 11.8. The van der Waals surface area contributed by atoms with E-state index in [4.69, 9.17) is 18.6 Å². The second-order valence-corrected chi connectivity index (χ2v) is 5.06. The molecule has 0 radical (unpaired) electrons. The van der Waals surface area contributed by atoms with Gasteiger partial charge in [0.2, 0.25) is 10.5 Å². The van der Waals surface area contributed by atoms with E-state index in [1.54, 1.807) is 0 Å². The molecule has 0 bridgehead atoms. The average molecular weight is 306 g/mol. The van der Waals surface area contributed by atoms with Gasteiger partial charge in [-0.25, -0.2) is 4.79 Å². The molecule has 6 heteroatoms. The summed E-state index contributed by atoms with van der Waals surface area (Å²) in [5.74, 6) is -2.23. The molecule has 0 saturated carbocycles. The molecule has 0 fully saturated rings. The second kappa shape index (κ2) is 12.3. The summed E-state index contributed by atoms with van der Waals surface area (Å²) in [4.78, 5) is 12.1. The van der Waals surface area contributed by atoms with Crippen LogP contribution in [0.1, 0.15) is 59.3 Å². The van der Waals surface area contributed by atoms with Crippen LogP contribution in [0.5, 0.6) is 0 Å². The van der Waals surface area contributed by atoms with E-state index in [1.807, 2.05) is 0 Å². The van der Waals surface area contributed by atoms with E-state index in [0.717, 1.165) is 38.5 Å². The summed E-state index contributed by atoms with van der Waals surface area (Å²) >= 11 is 0. The highest BCUT2D eigenvalue weighted by Gasteiger charge is 2.44. The molecule has 0 atom stereocenters. The van der Waals surface area contributed by atoms with Crippen LogP contribution in [0, 0.1) is 0 Å². The SMILES string of the molecule is CCCCOC(OCCCC)(OCCCC)C(=O)O[SiH3]. The maximum Gasteiger partial charge on any atom is 0.386 e. The first-order valence-electron chi connectivity index (χ1n) is 7.67. The van der Waals surface area contributed by atoms with Gasteiger partial charge in [0, 0.05) is 0 Å². The first kappa shape index (κ1) is 19.6. The predicted molar refractivity (Wildman–Crippen MR) is 81.3 cm³/mol. The molecule has 0 aromatic carbocycles. The Bertz CT molecular complexity index is 221. The molecule has 0 aliphatic carbocycles. The lowest BCUT2D eigenvalue weighted by molar-refractivity contribution is -0.361. The molecule has 0 heterocycles. The molecule has 0 aromatic heterocycles. The summed E-state index contributed by atoms with van der Waals surface area (Å²) in [5, 5.41) is 0. The van der Waals surface area contributed by atoms with E-state index >= 15 is 0 Å². The molecule has 0 rings (SSSR count). The molecule has 0 spiro atoms. The van der Waals surface area contributed by atoms with Crippen LogP contribution in [0.3, 0.4) is 0 Å². The minimum atomic E-state index is -1.67. The first-order valence-corrected chi connectivity index (χ1v) is 8.48. The van der Waals surface area contributed by atoms with Crippen molar-refractivity contribution in [3.8, 4) is 0 Å². The van der Waals surface area contributed by atoms with Gasteiger partial charge in [0.1, 0.15) is 0 Å². The maximum atomic E-state index is 12.1. The van der Waals surface area contributed by atoms with Gasteiger partial charge in [-0.15, -0.1) is 0 Å². The zero-order chi connectivity index (χ0) is 15.3. The van der Waals surface area contributed by atoms with Crippen LogP contribution in [0.25, 0.3) is 0 Å². The molecule has 20 heavy (non-hydrogen) atoms. The lowest BCUT2D eigenvalue weighted by Crippen LogP contribution is -2.48. The number of carbonyl (C=O) groups excluding carboxylic acids is 1. The fourth-order valence-corrected chi connectivity index (χ4v) is 1.73. The summed E-state index contributed by atoms with van der Waals surface area (Å²) in [7, 11) is 0.293. The Morgan fingerprint density at radius 3 is 1.45 bits per heavy atom. The maximum absolute atomic E-state index is 12.1. The topological polar surface area (TPSA) is 54.0 Å². The molecule has 0 N–H and O–H groups in total. The Morgan fingerprint density at radius 2 is 1.20 bits per heavy atom. The van der Waals surface area contributed by atoms with Gasteiger partial charge in [-0.2, -0.15) is 0 Å². The van der Waals surface area contributed by atoms with Crippen LogP contribution in [-0.4, -0.2) is 42.2 Å². The molecule has 0 amide bonds. The van der Waals surface area contributed by atoms with Crippen molar-refractivity contribution in [3.63, 3.8) is 0 Å². The Labute approximate surface area is 125 Å². The van der Waals surface area contributed by atoms with Crippen LogP contribution in [-0.2, 0) is 23.4 Å². The summed E-state index contributed by atoms with van der Waals surface area (Å²) in [6, 6.07) is 0. The van der Waals surface area contributed by atoms with Gasteiger partial charge in [0.25, 0.3) is 0 Å². The van der Waals surface area contributed by atoms with Gasteiger partial charge in [0.15, 0.2) is 0 Å². The molecule has 0 aliphatic heterocycles. The van der Waals surface area contributed by atoms with Crippen molar-refractivity contribution in [2.24, 2.45) is 0 Å². The van der Waals surface area contributed by atoms with Crippen LogP contribution < -0.4 is 0 Å². The molecule has 0 unspecified atom stereocenters.